The molecule has 1 N–H and O–H groups in total. The van der Waals surface area contributed by atoms with Crippen molar-refractivity contribution in [2.45, 2.75) is 24.6 Å². The quantitative estimate of drug-likeness (QED) is 0.714. The monoisotopic (exact) mass is 236 g/mol. The summed E-state index contributed by atoms with van der Waals surface area (Å²) in [6.45, 7) is 0.129. The van der Waals surface area contributed by atoms with Crippen LogP contribution in [0.5, 0.6) is 0 Å². The molecule has 1 aromatic rings. The van der Waals surface area contributed by atoms with Crippen LogP contribution in [0.4, 0.5) is 0 Å². The van der Waals surface area contributed by atoms with Crippen LogP contribution in [0, 0.1) is 0 Å². The molecule has 0 amide bonds. The first-order valence-corrected chi connectivity index (χ1v) is 5.46. The molecule has 17 heavy (non-hydrogen) atoms. The van der Waals surface area contributed by atoms with Gasteiger partial charge < -0.3 is 19.3 Å². The third-order valence-corrected chi connectivity index (χ3v) is 2.96. The van der Waals surface area contributed by atoms with Gasteiger partial charge in [0.1, 0.15) is 18.8 Å². The average molecular weight is 236 g/mol. The van der Waals surface area contributed by atoms with Crippen LogP contribution in [0.3, 0.4) is 0 Å². The van der Waals surface area contributed by atoms with Crippen LogP contribution in [-0.2, 0) is 19.0 Å². The van der Waals surface area contributed by atoms with E-state index >= 15 is 0 Å². The summed E-state index contributed by atoms with van der Waals surface area (Å²) in [7, 11) is 0. The summed E-state index contributed by atoms with van der Waals surface area (Å²) in [6.07, 6.45) is -2.84. The Bertz CT molecular complexity index is 418. The molecule has 0 radical (unpaired) electrons. The van der Waals surface area contributed by atoms with Gasteiger partial charge in [0.15, 0.2) is 12.4 Å². The Morgan fingerprint density at radius 3 is 2.71 bits per heavy atom. The third kappa shape index (κ3) is 1.82. The van der Waals surface area contributed by atoms with Gasteiger partial charge in [-0.1, -0.05) is 30.3 Å². The van der Waals surface area contributed by atoms with Crippen LogP contribution >= 0.6 is 0 Å². The van der Waals surface area contributed by atoms with Crippen molar-refractivity contribution in [1.29, 1.82) is 0 Å². The summed E-state index contributed by atoms with van der Waals surface area (Å²) in [5.74, 6) is -0.649. The lowest BCUT2D eigenvalue weighted by molar-refractivity contribution is -0.173. The molecule has 90 valence electrons. The first-order chi connectivity index (χ1) is 8.25. The fourth-order valence-electron chi connectivity index (χ4n) is 2.06. The second-order valence-electron chi connectivity index (χ2n) is 4.09. The number of carbonyl (C=O) groups is 1. The van der Waals surface area contributed by atoms with E-state index in [0.29, 0.717) is 0 Å². The van der Waals surface area contributed by atoms with E-state index < -0.39 is 30.6 Å². The lowest BCUT2D eigenvalue weighted by Crippen LogP contribution is -2.48. The molecular weight excluding hydrogens is 224 g/mol. The second-order valence-corrected chi connectivity index (χ2v) is 4.09. The van der Waals surface area contributed by atoms with Gasteiger partial charge in [0, 0.05) is 5.56 Å². The van der Waals surface area contributed by atoms with Gasteiger partial charge in [-0.2, -0.15) is 0 Å². The molecule has 0 spiro atoms. The maximum Gasteiger partial charge on any atom is 0.337 e. The van der Waals surface area contributed by atoms with Crippen molar-refractivity contribution in [3.63, 3.8) is 0 Å². The van der Waals surface area contributed by atoms with Crippen molar-refractivity contribution < 1.29 is 24.1 Å². The standard InChI is InChI=1S/C12H12O5/c13-9-10-8(6-15-11(9)14)16-12(17-10)7-4-2-1-3-5-7/h1-5,8-10,12-13H,6H2/t8-,9+,10+,12+/m0/s1. The number of fused-ring (bicyclic) bond motifs is 1. The number of cyclic esters (lactones) is 1. The Kier molecular flexibility index (Phi) is 2.58. The maximum atomic E-state index is 11.2. The summed E-state index contributed by atoms with van der Waals surface area (Å²) in [5.41, 5.74) is 0.863. The van der Waals surface area contributed by atoms with Crippen molar-refractivity contribution in [2.75, 3.05) is 6.61 Å². The summed E-state index contributed by atoms with van der Waals surface area (Å²) >= 11 is 0. The predicted molar refractivity (Wildman–Crippen MR) is 55.9 cm³/mol. The molecule has 0 aromatic heterocycles. The van der Waals surface area contributed by atoms with Gasteiger partial charge in [-0.05, 0) is 0 Å². The number of benzene rings is 1. The van der Waals surface area contributed by atoms with Gasteiger partial charge in [-0.15, -0.1) is 0 Å². The number of carbonyl (C=O) groups excluding carboxylic acids is 1. The average Bonchev–Trinajstić information content (AvgIpc) is 2.80. The molecule has 2 aliphatic heterocycles. The number of hydrogen-bond acceptors (Lipinski definition) is 5. The number of esters is 1. The zero-order valence-corrected chi connectivity index (χ0v) is 8.98. The molecule has 0 aliphatic carbocycles. The number of ether oxygens (including phenoxy) is 3. The summed E-state index contributed by atoms with van der Waals surface area (Å²) in [4.78, 5) is 11.2. The van der Waals surface area contributed by atoms with E-state index in [2.05, 4.69) is 0 Å². The van der Waals surface area contributed by atoms with Gasteiger partial charge in [0.05, 0.1) is 0 Å². The largest absolute Gasteiger partial charge is 0.461 e. The Morgan fingerprint density at radius 2 is 1.94 bits per heavy atom. The molecule has 0 saturated carbocycles. The Morgan fingerprint density at radius 1 is 1.18 bits per heavy atom. The molecule has 2 saturated heterocycles. The number of rotatable bonds is 1. The van der Waals surface area contributed by atoms with Crippen molar-refractivity contribution in [3.05, 3.63) is 35.9 Å². The highest BCUT2D eigenvalue weighted by atomic mass is 16.7. The van der Waals surface area contributed by atoms with E-state index in [-0.39, 0.29) is 6.61 Å². The van der Waals surface area contributed by atoms with E-state index in [1.165, 1.54) is 0 Å². The minimum Gasteiger partial charge on any atom is -0.461 e. The molecule has 2 heterocycles. The van der Waals surface area contributed by atoms with Gasteiger partial charge in [-0.3, -0.25) is 0 Å². The molecule has 0 bridgehead atoms. The van der Waals surface area contributed by atoms with Gasteiger partial charge >= 0.3 is 5.97 Å². The molecule has 2 aliphatic rings. The fourth-order valence-corrected chi connectivity index (χ4v) is 2.06. The normalized spacial score (nSPS) is 36.4. The van der Waals surface area contributed by atoms with Crippen molar-refractivity contribution >= 4 is 5.97 Å². The molecular formula is C12H12O5. The molecule has 2 fully saturated rings. The summed E-state index contributed by atoms with van der Waals surface area (Å²) in [6, 6.07) is 9.39. The Balaban J connectivity index is 1.79. The van der Waals surface area contributed by atoms with Gasteiger partial charge in [-0.25, -0.2) is 4.79 Å². The Hall–Kier alpha value is -1.43. The maximum absolute atomic E-state index is 11.2. The SMILES string of the molecule is O=C1OC[C@@H]2O[C@@H](c3ccccc3)O[C@H]2[C@H]1O. The first kappa shape index (κ1) is 10.7. The number of aliphatic hydroxyl groups excluding tert-OH is 1. The topological polar surface area (TPSA) is 65.0 Å². The number of hydrogen-bond donors (Lipinski definition) is 1. The number of aliphatic hydroxyl groups is 1. The van der Waals surface area contributed by atoms with E-state index in [1.807, 2.05) is 30.3 Å². The second kappa shape index (κ2) is 4.10. The zero-order valence-electron chi connectivity index (χ0n) is 8.98. The zero-order chi connectivity index (χ0) is 11.8. The van der Waals surface area contributed by atoms with E-state index in [0.717, 1.165) is 5.56 Å². The summed E-state index contributed by atoms with van der Waals surface area (Å²) in [5, 5.41) is 9.63. The van der Waals surface area contributed by atoms with Crippen LogP contribution in [0.25, 0.3) is 0 Å². The lowest BCUT2D eigenvalue weighted by Gasteiger charge is -2.25. The summed E-state index contributed by atoms with van der Waals surface area (Å²) < 4.78 is 16.0. The van der Waals surface area contributed by atoms with E-state index in [9.17, 15) is 9.90 Å². The fraction of sp³-hybridized carbons (Fsp3) is 0.417. The minimum absolute atomic E-state index is 0.129. The van der Waals surface area contributed by atoms with Crippen molar-refractivity contribution in [1.82, 2.24) is 0 Å². The molecule has 0 unspecified atom stereocenters. The predicted octanol–water partition coefficient (Wildman–Crippen LogP) is 0.387. The molecule has 3 rings (SSSR count). The van der Waals surface area contributed by atoms with E-state index in [4.69, 9.17) is 14.2 Å². The van der Waals surface area contributed by atoms with Crippen LogP contribution in [0.15, 0.2) is 30.3 Å². The molecule has 4 atom stereocenters. The van der Waals surface area contributed by atoms with Gasteiger partial charge in [0.2, 0.25) is 0 Å². The minimum atomic E-state index is -1.26. The Labute approximate surface area is 97.9 Å². The van der Waals surface area contributed by atoms with Gasteiger partial charge in [0.25, 0.3) is 0 Å². The highest BCUT2D eigenvalue weighted by molar-refractivity contribution is 5.76. The molecule has 5 heteroatoms. The van der Waals surface area contributed by atoms with Crippen LogP contribution < -0.4 is 0 Å². The smallest absolute Gasteiger partial charge is 0.337 e. The molecule has 1 aromatic carbocycles. The first-order valence-electron chi connectivity index (χ1n) is 5.46. The highest BCUT2D eigenvalue weighted by Crippen LogP contribution is 2.34. The van der Waals surface area contributed by atoms with Crippen molar-refractivity contribution in [2.24, 2.45) is 0 Å². The third-order valence-electron chi connectivity index (χ3n) is 2.96. The lowest BCUT2D eigenvalue weighted by atomic mass is 10.1. The van der Waals surface area contributed by atoms with Crippen LogP contribution in [-0.4, -0.2) is 36.0 Å². The van der Waals surface area contributed by atoms with E-state index in [1.54, 1.807) is 0 Å². The van der Waals surface area contributed by atoms with Crippen LogP contribution in [0.2, 0.25) is 0 Å². The van der Waals surface area contributed by atoms with Crippen LogP contribution in [0.1, 0.15) is 11.9 Å². The molecule has 5 nitrogen and oxygen atoms in total. The van der Waals surface area contributed by atoms with Crippen molar-refractivity contribution in [3.8, 4) is 0 Å². The highest BCUT2D eigenvalue weighted by Gasteiger charge is 2.48.